The SMILES string of the molecule is CN1C(=O)N(c2ccc3c(cnn3C(=O)OCc3ccccc3)c2)C2(CCNCC2)C1=O. The van der Waals surface area contributed by atoms with E-state index in [-0.39, 0.29) is 18.5 Å². The molecule has 3 heterocycles. The highest BCUT2D eigenvalue weighted by molar-refractivity contribution is 6.17. The van der Waals surface area contributed by atoms with Crippen molar-refractivity contribution in [2.75, 3.05) is 25.0 Å². The van der Waals surface area contributed by atoms with Crippen LogP contribution in [0, 0.1) is 0 Å². The first-order valence-electron chi connectivity index (χ1n) is 10.5. The van der Waals surface area contributed by atoms with Crippen LogP contribution in [-0.4, -0.2) is 58.4 Å². The van der Waals surface area contributed by atoms with Gasteiger partial charge in [-0.15, -0.1) is 0 Å². The third-order valence-corrected chi connectivity index (χ3v) is 6.23. The maximum atomic E-state index is 13.0. The molecule has 3 amide bonds. The molecule has 1 spiro atoms. The predicted molar refractivity (Wildman–Crippen MR) is 117 cm³/mol. The third kappa shape index (κ3) is 3.13. The van der Waals surface area contributed by atoms with E-state index in [2.05, 4.69) is 10.4 Å². The summed E-state index contributed by atoms with van der Waals surface area (Å²) in [5.74, 6) is -0.177. The molecule has 0 aliphatic carbocycles. The minimum Gasteiger partial charge on any atom is -0.443 e. The number of carbonyl (C=O) groups is 3. The van der Waals surface area contributed by atoms with Crippen molar-refractivity contribution < 1.29 is 19.1 Å². The van der Waals surface area contributed by atoms with Gasteiger partial charge in [0.1, 0.15) is 12.1 Å². The van der Waals surface area contributed by atoms with Crippen molar-refractivity contribution in [1.29, 1.82) is 0 Å². The standard InChI is InChI=1S/C23H23N5O4/c1-26-20(29)23(9-11-24-12-10-23)27(21(26)30)18-7-8-19-17(13-18)14-25-28(19)22(31)32-15-16-5-3-2-4-6-16/h2-8,13-14,24H,9-12,15H2,1H3. The van der Waals surface area contributed by atoms with Gasteiger partial charge >= 0.3 is 12.1 Å². The Morgan fingerprint density at radius 2 is 1.88 bits per heavy atom. The van der Waals surface area contributed by atoms with E-state index < -0.39 is 11.6 Å². The first-order chi connectivity index (χ1) is 15.5. The Hall–Kier alpha value is -3.72. The van der Waals surface area contributed by atoms with Crippen molar-refractivity contribution in [2.24, 2.45) is 0 Å². The molecule has 0 bridgehead atoms. The fourth-order valence-corrected chi connectivity index (χ4v) is 4.55. The van der Waals surface area contributed by atoms with Crippen molar-refractivity contribution >= 4 is 34.6 Å². The van der Waals surface area contributed by atoms with Gasteiger partial charge in [-0.1, -0.05) is 30.3 Å². The number of amides is 3. The van der Waals surface area contributed by atoms with Crippen LogP contribution in [0.1, 0.15) is 18.4 Å². The van der Waals surface area contributed by atoms with Crippen LogP contribution in [0.3, 0.4) is 0 Å². The second kappa shape index (κ2) is 7.76. The highest BCUT2D eigenvalue weighted by atomic mass is 16.6. The Morgan fingerprint density at radius 3 is 2.62 bits per heavy atom. The van der Waals surface area contributed by atoms with Crippen LogP contribution < -0.4 is 10.2 Å². The number of nitrogens with zero attached hydrogens (tertiary/aromatic N) is 4. The van der Waals surface area contributed by atoms with Gasteiger partial charge in [0.2, 0.25) is 0 Å². The van der Waals surface area contributed by atoms with Gasteiger partial charge < -0.3 is 10.1 Å². The topological polar surface area (TPSA) is 96.8 Å². The average molecular weight is 433 g/mol. The van der Waals surface area contributed by atoms with Crippen LogP contribution in [0.2, 0.25) is 0 Å². The van der Waals surface area contributed by atoms with E-state index in [1.54, 1.807) is 29.3 Å². The summed E-state index contributed by atoms with van der Waals surface area (Å²) in [6, 6.07) is 14.3. The van der Waals surface area contributed by atoms with Crippen LogP contribution >= 0.6 is 0 Å². The van der Waals surface area contributed by atoms with Crippen molar-refractivity contribution in [2.45, 2.75) is 25.0 Å². The molecule has 2 aliphatic heterocycles. The molecule has 5 rings (SSSR count). The zero-order chi connectivity index (χ0) is 22.3. The highest BCUT2D eigenvalue weighted by Gasteiger charge is 2.56. The number of urea groups is 1. The van der Waals surface area contributed by atoms with Crippen molar-refractivity contribution in [1.82, 2.24) is 20.0 Å². The van der Waals surface area contributed by atoms with E-state index in [0.29, 0.717) is 42.5 Å². The third-order valence-electron chi connectivity index (χ3n) is 6.23. The number of benzene rings is 2. The van der Waals surface area contributed by atoms with E-state index in [1.165, 1.54) is 16.6 Å². The highest BCUT2D eigenvalue weighted by Crippen LogP contribution is 2.39. The fourth-order valence-electron chi connectivity index (χ4n) is 4.55. The summed E-state index contributed by atoms with van der Waals surface area (Å²) in [7, 11) is 1.52. The number of likely N-dealkylation sites (N-methyl/N-ethyl adjacent to an activating group) is 1. The van der Waals surface area contributed by atoms with E-state index in [0.717, 1.165) is 5.56 Å². The number of anilines is 1. The second-order valence-electron chi connectivity index (χ2n) is 8.10. The first-order valence-corrected chi connectivity index (χ1v) is 10.5. The van der Waals surface area contributed by atoms with E-state index >= 15 is 0 Å². The van der Waals surface area contributed by atoms with E-state index in [9.17, 15) is 14.4 Å². The van der Waals surface area contributed by atoms with Crippen LogP contribution in [-0.2, 0) is 16.1 Å². The van der Waals surface area contributed by atoms with Crippen LogP contribution in [0.25, 0.3) is 10.9 Å². The summed E-state index contributed by atoms with van der Waals surface area (Å²) in [6.07, 6.45) is 2.07. The Bertz CT molecular complexity index is 1200. The number of hydrogen-bond acceptors (Lipinski definition) is 6. The molecular weight excluding hydrogens is 410 g/mol. The molecule has 0 saturated carbocycles. The van der Waals surface area contributed by atoms with Crippen molar-refractivity contribution in [3.63, 3.8) is 0 Å². The van der Waals surface area contributed by atoms with Crippen LogP contribution in [0.4, 0.5) is 15.3 Å². The molecule has 1 aromatic heterocycles. The van der Waals surface area contributed by atoms with Gasteiger partial charge in [0.25, 0.3) is 5.91 Å². The van der Waals surface area contributed by atoms with Crippen LogP contribution in [0.5, 0.6) is 0 Å². The molecule has 0 atom stereocenters. The predicted octanol–water partition coefficient (Wildman–Crippen LogP) is 2.74. The van der Waals surface area contributed by atoms with Gasteiger partial charge in [-0.25, -0.2) is 9.59 Å². The number of ether oxygens (including phenoxy) is 1. The number of imide groups is 1. The van der Waals surface area contributed by atoms with Crippen LogP contribution in [0.15, 0.2) is 54.7 Å². The molecule has 2 fully saturated rings. The lowest BCUT2D eigenvalue weighted by Crippen LogP contribution is -2.56. The maximum Gasteiger partial charge on any atom is 0.435 e. The monoisotopic (exact) mass is 433 g/mol. The van der Waals surface area contributed by atoms with Gasteiger partial charge in [-0.2, -0.15) is 9.78 Å². The van der Waals surface area contributed by atoms with E-state index in [1.807, 2.05) is 30.3 Å². The molecule has 0 radical (unpaired) electrons. The van der Waals surface area contributed by atoms with Crippen molar-refractivity contribution in [3.8, 4) is 0 Å². The Labute approximate surface area is 184 Å². The fraction of sp³-hybridized carbons (Fsp3) is 0.304. The molecule has 9 nitrogen and oxygen atoms in total. The molecule has 1 N–H and O–H groups in total. The smallest absolute Gasteiger partial charge is 0.435 e. The van der Waals surface area contributed by atoms with Gasteiger partial charge in [0, 0.05) is 18.1 Å². The summed E-state index contributed by atoms with van der Waals surface area (Å²) in [5, 5.41) is 8.11. The molecule has 32 heavy (non-hydrogen) atoms. The average Bonchev–Trinajstić information content (AvgIpc) is 3.32. The molecule has 2 aliphatic rings. The molecule has 164 valence electrons. The van der Waals surface area contributed by atoms with Gasteiger partial charge in [0.05, 0.1) is 11.7 Å². The molecule has 2 aromatic carbocycles. The number of hydrogen-bond donors (Lipinski definition) is 1. The number of nitrogens with one attached hydrogen (secondary N) is 1. The summed E-state index contributed by atoms with van der Waals surface area (Å²) in [5.41, 5.74) is 1.18. The summed E-state index contributed by atoms with van der Waals surface area (Å²) in [6.45, 7) is 1.47. The van der Waals surface area contributed by atoms with Gasteiger partial charge in [-0.05, 0) is 49.7 Å². The number of aromatic nitrogens is 2. The zero-order valence-electron chi connectivity index (χ0n) is 17.7. The number of fused-ring (bicyclic) bond motifs is 1. The quantitative estimate of drug-likeness (QED) is 0.638. The Kier molecular flexibility index (Phi) is 4.90. The van der Waals surface area contributed by atoms with Gasteiger partial charge in [0.15, 0.2) is 0 Å². The number of carbonyl (C=O) groups excluding carboxylic acids is 3. The lowest BCUT2D eigenvalue weighted by atomic mass is 9.86. The minimum atomic E-state index is -0.880. The summed E-state index contributed by atoms with van der Waals surface area (Å²) < 4.78 is 6.58. The van der Waals surface area contributed by atoms with Crippen molar-refractivity contribution in [3.05, 3.63) is 60.3 Å². The molecule has 2 saturated heterocycles. The minimum absolute atomic E-state index is 0.145. The largest absolute Gasteiger partial charge is 0.443 e. The lowest BCUT2D eigenvalue weighted by Gasteiger charge is -2.38. The first kappa shape index (κ1) is 20.2. The number of rotatable bonds is 3. The normalized spacial score (nSPS) is 18.0. The van der Waals surface area contributed by atoms with E-state index in [4.69, 9.17) is 4.74 Å². The molecule has 3 aromatic rings. The number of piperidine rings is 1. The van der Waals surface area contributed by atoms with Gasteiger partial charge in [-0.3, -0.25) is 14.6 Å². The molecule has 0 unspecified atom stereocenters. The molecule has 9 heteroatoms. The zero-order valence-corrected chi connectivity index (χ0v) is 17.7. The second-order valence-corrected chi connectivity index (χ2v) is 8.10. The summed E-state index contributed by atoms with van der Waals surface area (Å²) >= 11 is 0. The lowest BCUT2D eigenvalue weighted by molar-refractivity contribution is -0.130. The maximum absolute atomic E-state index is 13.0. The summed E-state index contributed by atoms with van der Waals surface area (Å²) in [4.78, 5) is 41.3. The Morgan fingerprint density at radius 1 is 1.12 bits per heavy atom. The molecular formula is C23H23N5O4. The Balaban J connectivity index is 1.44.